The molecule has 2 nitrogen and oxygen atoms in total. The van der Waals surface area contributed by atoms with Crippen LogP contribution in [0.4, 0.5) is 0 Å². The van der Waals surface area contributed by atoms with Crippen LogP contribution in [-0.2, 0) is 4.79 Å². The maximum atomic E-state index is 11.5. The summed E-state index contributed by atoms with van der Waals surface area (Å²) in [7, 11) is 0. The van der Waals surface area contributed by atoms with Crippen molar-refractivity contribution in [2.24, 2.45) is 0 Å². The van der Waals surface area contributed by atoms with Crippen molar-refractivity contribution in [3.63, 3.8) is 0 Å². The van der Waals surface area contributed by atoms with Gasteiger partial charge < -0.3 is 5.32 Å². The van der Waals surface area contributed by atoms with Crippen molar-refractivity contribution in [1.82, 2.24) is 5.32 Å². The van der Waals surface area contributed by atoms with Gasteiger partial charge in [-0.3, -0.25) is 4.79 Å². The lowest BCUT2D eigenvalue weighted by atomic mass is 10.0. The zero-order valence-electron chi connectivity index (χ0n) is 7.94. The van der Waals surface area contributed by atoms with Crippen LogP contribution in [0.3, 0.4) is 0 Å². The molecule has 0 aromatic carbocycles. The number of nitrogens with one attached hydrogen (secondary N) is 1. The molecule has 0 bridgehead atoms. The zero-order chi connectivity index (χ0) is 8.81. The van der Waals surface area contributed by atoms with Gasteiger partial charge in [-0.1, -0.05) is 19.8 Å². The van der Waals surface area contributed by atoms with Gasteiger partial charge in [0.05, 0.1) is 6.04 Å². The van der Waals surface area contributed by atoms with Crippen LogP contribution in [0.1, 0.15) is 45.4 Å². The van der Waals surface area contributed by atoms with Crippen LogP contribution >= 0.6 is 0 Å². The third kappa shape index (κ3) is 2.94. The molecule has 70 valence electrons. The van der Waals surface area contributed by atoms with Gasteiger partial charge in [0.1, 0.15) is 5.78 Å². The molecule has 0 aromatic heterocycles. The number of unbranched alkanes of at least 4 members (excludes halogenated alkanes) is 1. The highest BCUT2D eigenvalue weighted by molar-refractivity contribution is 5.84. The average Bonchev–Trinajstić information content (AvgIpc) is 2.27. The lowest BCUT2D eigenvalue weighted by Gasteiger charge is -2.13. The number of ketones is 1. The Kier molecular flexibility index (Phi) is 4.30. The molecule has 1 N–H and O–H groups in total. The van der Waals surface area contributed by atoms with E-state index < -0.39 is 0 Å². The van der Waals surface area contributed by atoms with Gasteiger partial charge in [-0.15, -0.1) is 0 Å². The van der Waals surface area contributed by atoms with Crippen LogP contribution in [0, 0.1) is 0 Å². The Bertz CT molecular complexity index is 145. The van der Waals surface area contributed by atoms with Gasteiger partial charge in [-0.2, -0.15) is 0 Å². The summed E-state index contributed by atoms with van der Waals surface area (Å²) in [5.41, 5.74) is 0. The number of hydrogen-bond donors (Lipinski definition) is 1. The Morgan fingerprint density at radius 1 is 1.50 bits per heavy atom. The van der Waals surface area contributed by atoms with Crippen molar-refractivity contribution < 1.29 is 4.79 Å². The van der Waals surface area contributed by atoms with E-state index in [1.807, 2.05) is 0 Å². The van der Waals surface area contributed by atoms with E-state index in [0.717, 1.165) is 32.2 Å². The highest BCUT2D eigenvalue weighted by Gasteiger charge is 2.18. The Morgan fingerprint density at radius 3 is 3.08 bits per heavy atom. The van der Waals surface area contributed by atoms with Gasteiger partial charge in [-0.25, -0.2) is 0 Å². The minimum absolute atomic E-state index is 0.174. The first-order valence-electron chi connectivity index (χ1n) is 5.10. The molecule has 1 unspecified atom stereocenters. The lowest BCUT2D eigenvalue weighted by molar-refractivity contribution is -0.120. The van der Waals surface area contributed by atoms with Gasteiger partial charge in [0.15, 0.2) is 0 Å². The third-order valence-electron chi connectivity index (χ3n) is 2.48. The second-order valence-electron chi connectivity index (χ2n) is 3.57. The predicted molar refractivity (Wildman–Crippen MR) is 50.2 cm³/mol. The summed E-state index contributed by atoms with van der Waals surface area (Å²) in [5, 5.41) is 3.32. The van der Waals surface area contributed by atoms with Crippen LogP contribution in [0.25, 0.3) is 0 Å². The summed E-state index contributed by atoms with van der Waals surface area (Å²) in [6.07, 6.45) is 6.43. The maximum Gasteiger partial charge on any atom is 0.149 e. The fourth-order valence-electron chi connectivity index (χ4n) is 1.66. The number of carbonyl (C=O) groups is 1. The molecule has 1 heterocycles. The molecule has 1 aliphatic rings. The first kappa shape index (κ1) is 9.72. The molecule has 2 heteroatoms. The molecule has 0 saturated carbocycles. The summed E-state index contributed by atoms with van der Waals surface area (Å²) in [6, 6.07) is 0.174. The van der Waals surface area contributed by atoms with Crippen LogP contribution in [0.2, 0.25) is 0 Å². The van der Waals surface area contributed by atoms with Gasteiger partial charge in [0.25, 0.3) is 0 Å². The molecule has 1 aliphatic heterocycles. The van der Waals surface area contributed by atoms with Crippen molar-refractivity contribution in [3.05, 3.63) is 0 Å². The fourth-order valence-corrected chi connectivity index (χ4v) is 1.66. The van der Waals surface area contributed by atoms with Gasteiger partial charge >= 0.3 is 0 Å². The standard InChI is InChI=1S/C10H19NO/c1-2-3-6-9-10(12)7-4-5-8-11-9/h9,11H,2-8H2,1H3. The van der Waals surface area contributed by atoms with Crippen molar-refractivity contribution in [3.8, 4) is 0 Å². The van der Waals surface area contributed by atoms with E-state index in [1.54, 1.807) is 0 Å². The van der Waals surface area contributed by atoms with E-state index in [-0.39, 0.29) is 6.04 Å². The topological polar surface area (TPSA) is 29.1 Å². The van der Waals surface area contributed by atoms with Crippen LogP contribution < -0.4 is 5.32 Å². The van der Waals surface area contributed by atoms with Crippen molar-refractivity contribution >= 4 is 5.78 Å². The average molecular weight is 169 g/mol. The van der Waals surface area contributed by atoms with E-state index in [1.165, 1.54) is 12.8 Å². The fraction of sp³-hybridized carbons (Fsp3) is 0.900. The highest BCUT2D eigenvalue weighted by Crippen LogP contribution is 2.09. The Morgan fingerprint density at radius 2 is 2.33 bits per heavy atom. The van der Waals surface area contributed by atoms with Crippen LogP contribution in [-0.4, -0.2) is 18.4 Å². The third-order valence-corrected chi connectivity index (χ3v) is 2.48. The molecule has 1 rings (SSSR count). The first-order valence-corrected chi connectivity index (χ1v) is 5.10. The maximum absolute atomic E-state index is 11.5. The molecular formula is C10H19NO. The monoisotopic (exact) mass is 169 g/mol. The normalized spacial score (nSPS) is 25.4. The second-order valence-corrected chi connectivity index (χ2v) is 3.57. The summed E-state index contributed by atoms with van der Waals surface area (Å²) in [4.78, 5) is 11.5. The summed E-state index contributed by atoms with van der Waals surface area (Å²) in [5.74, 6) is 0.431. The van der Waals surface area contributed by atoms with E-state index in [9.17, 15) is 4.79 Å². The molecule has 0 amide bonds. The summed E-state index contributed by atoms with van der Waals surface area (Å²) < 4.78 is 0. The number of hydrogen-bond acceptors (Lipinski definition) is 2. The Labute approximate surface area is 74.7 Å². The Balaban J connectivity index is 2.31. The number of rotatable bonds is 3. The Hall–Kier alpha value is -0.370. The molecule has 1 atom stereocenters. The predicted octanol–water partition coefficient (Wildman–Crippen LogP) is 1.89. The molecule has 0 spiro atoms. The van der Waals surface area contributed by atoms with E-state index in [0.29, 0.717) is 5.78 Å². The van der Waals surface area contributed by atoms with Gasteiger partial charge in [0, 0.05) is 6.42 Å². The van der Waals surface area contributed by atoms with E-state index in [4.69, 9.17) is 0 Å². The quantitative estimate of drug-likeness (QED) is 0.699. The molecule has 1 fully saturated rings. The SMILES string of the molecule is CCCCC1NCCCCC1=O. The van der Waals surface area contributed by atoms with Crippen LogP contribution in [0.5, 0.6) is 0 Å². The zero-order valence-corrected chi connectivity index (χ0v) is 7.94. The smallest absolute Gasteiger partial charge is 0.149 e. The van der Waals surface area contributed by atoms with E-state index >= 15 is 0 Å². The molecule has 0 aromatic rings. The highest BCUT2D eigenvalue weighted by atomic mass is 16.1. The molecule has 0 aliphatic carbocycles. The second kappa shape index (κ2) is 5.31. The molecule has 0 radical (unpaired) electrons. The molecule has 1 saturated heterocycles. The summed E-state index contributed by atoms with van der Waals surface area (Å²) >= 11 is 0. The summed E-state index contributed by atoms with van der Waals surface area (Å²) in [6.45, 7) is 3.20. The molecule has 12 heavy (non-hydrogen) atoms. The van der Waals surface area contributed by atoms with Gasteiger partial charge in [0.2, 0.25) is 0 Å². The largest absolute Gasteiger partial charge is 0.307 e. The van der Waals surface area contributed by atoms with Crippen LogP contribution in [0.15, 0.2) is 0 Å². The van der Waals surface area contributed by atoms with Crippen molar-refractivity contribution in [2.45, 2.75) is 51.5 Å². The first-order chi connectivity index (χ1) is 5.84. The minimum atomic E-state index is 0.174. The van der Waals surface area contributed by atoms with Crippen molar-refractivity contribution in [2.75, 3.05) is 6.54 Å². The van der Waals surface area contributed by atoms with Crippen molar-refractivity contribution in [1.29, 1.82) is 0 Å². The number of Topliss-reactive ketones (excluding diaryl/α,β-unsaturated/α-hetero) is 1. The lowest BCUT2D eigenvalue weighted by Crippen LogP contribution is -2.35. The van der Waals surface area contributed by atoms with E-state index in [2.05, 4.69) is 12.2 Å². The minimum Gasteiger partial charge on any atom is -0.307 e. The number of carbonyl (C=O) groups excluding carboxylic acids is 1. The van der Waals surface area contributed by atoms with Gasteiger partial charge in [-0.05, 0) is 25.8 Å². The molecular weight excluding hydrogens is 150 g/mol.